The molecule has 0 radical (unpaired) electrons. The molecule has 11 heavy (non-hydrogen) atoms. The van der Waals surface area contributed by atoms with Gasteiger partial charge in [0.15, 0.2) is 0 Å². The molecule has 1 atom stereocenters. The molecule has 1 unspecified atom stereocenters. The van der Waals surface area contributed by atoms with Crippen LogP contribution in [0.15, 0.2) is 24.3 Å². The maximum atomic E-state index is 13.2. The maximum absolute atomic E-state index is 13.2. The molecule has 1 heterocycles. The zero-order valence-electron chi connectivity index (χ0n) is 6.19. The predicted octanol–water partition coefficient (Wildman–Crippen LogP) is 3.32. The van der Waals surface area contributed by atoms with E-state index in [0.29, 0.717) is 8.19 Å². The number of hydrogen-bond acceptors (Lipinski definition) is 0. The number of halogens is 1. The summed E-state index contributed by atoms with van der Waals surface area (Å²) in [7, 11) is 0.538. The van der Waals surface area contributed by atoms with Crippen LogP contribution in [0.25, 0.3) is 10.5 Å². The van der Waals surface area contributed by atoms with Crippen molar-refractivity contribution in [3.05, 3.63) is 35.4 Å². The van der Waals surface area contributed by atoms with Gasteiger partial charge in [0.1, 0.15) is 5.82 Å². The van der Waals surface area contributed by atoms with Gasteiger partial charge in [-0.2, -0.15) is 0 Å². The molecule has 0 aliphatic heterocycles. The first-order valence-electron chi connectivity index (χ1n) is 3.52. The van der Waals surface area contributed by atoms with E-state index >= 15 is 0 Å². The van der Waals surface area contributed by atoms with Crippen LogP contribution in [-0.2, 0) is 0 Å². The Morgan fingerprint density at radius 2 is 2.00 bits per heavy atom. The van der Waals surface area contributed by atoms with Crippen LogP contribution in [0.3, 0.4) is 0 Å². The Hall–Kier alpha value is -0.810. The molecule has 2 aromatic rings. The highest BCUT2D eigenvalue weighted by atomic mass is 31.0. The van der Waals surface area contributed by atoms with E-state index in [0.717, 1.165) is 15.8 Å². The van der Waals surface area contributed by atoms with Gasteiger partial charge in [-0.25, -0.2) is 4.39 Å². The fourth-order valence-electron chi connectivity index (χ4n) is 1.24. The normalized spacial score (nSPS) is 11.5. The predicted molar refractivity (Wildman–Crippen MR) is 48.1 cm³/mol. The Balaban J connectivity index is 2.92. The van der Waals surface area contributed by atoms with Crippen LogP contribution < -0.4 is 0 Å². The zero-order chi connectivity index (χ0) is 7.84. The SMILES string of the molecule is Cc1[pH]c2ccccc2c1F. The van der Waals surface area contributed by atoms with Crippen molar-refractivity contribution in [2.45, 2.75) is 6.92 Å². The molecule has 0 bridgehead atoms. The third kappa shape index (κ3) is 0.965. The fourth-order valence-corrected chi connectivity index (χ4v) is 2.40. The molecule has 0 nitrogen and oxygen atoms in total. The van der Waals surface area contributed by atoms with Crippen molar-refractivity contribution in [3.8, 4) is 0 Å². The maximum Gasteiger partial charge on any atom is 0.137 e. The van der Waals surface area contributed by atoms with E-state index in [1.54, 1.807) is 0 Å². The fraction of sp³-hybridized carbons (Fsp3) is 0.111. The minimum Gasteiger partial charge on any atom is -0.206 e. The minimum atomic E-state index is -0.0149. The summed E-state index contributed by atoms with van der Waals surface area (Å²) in [4.78, 5) is 0. The van der Waals surface area contributed by atoms with Crippen molar-refractivity contribution in [1.29, 1.82) is 0 Å². The lowest BCUT2D eigenvalue weighted by atomic mass is 10.2. The first-order chi connectivity index (χ1) is 5.29. The van der Waals surface area contributed by atoms with Gasteiger partial charge in [-0.1, -0.05) is 24.3 Å². The van der Waals surface area contributed by atoms with Crippen LogP contribution in [0.1, 0.15) is 5.30 Å². The van der Waals surface area contributed by atoms with Gasteiger partial charge in [-0.15, -0.1) is 8.19 Å². The first-order valence-corrected chi connectivity index (χ1v) is 4.52. The molecule has 0 saturated carbocycles. The lowest BCUT2D eigenvalue weighted by Crippen LogP contribution is -1.69. The summed E-state index contributed by atoms with van der Waals surface area (Å²) in [6.45, 7) is 1.85. The van der Waals surface area contributed by atoms with E-state index < -0.39 is 0 Å². The number of aryl methyl sites for hydroxylation is 1. The lowest BCUT2D eigenvalue weighted by molar-refractivity contribution is 0.636. The molecule has 0 N–H and O–H groups in total. The lowest BCUT2D eigenvalue weighted by Gasteiger charge is -1.86. The van der Waals surface area contributed by atoms with Crippen LogP contribution in [0.5, 0.6) is 0 Å². The third-order valence-corrected chi connectivity index (χ3v) is 3.11. The van der Waals surface area contributed by atoms with E-state index in [2.05, 4.69) is 0 Å². The molecular formula is C9H8FP. The van der Waals surface area contributed by atoms with E-state index in [9.17, 15) is 4.39 Å². The van der Waals surface area contributed by atoms with Gasteiger partial charge in [0.05, 0.1) is 0 Å². The summed E-state index contributed by atoms with van der Waals surface area (Å²) in [6, 6.07) is 7.66. The Morgan fingerprint density at radius 3 is 2.73 bits per heavy atom. The second-order valence-electron chi connectivity index (χ2n) is 2.61. The average Bonchev–Trinajstić information content (AvgIpc) is 2.30. The summed E-state index contributed by atoms with van der Waals surface area (Å²) in [5.41, 5.74) is 0. The van der Waals surface area contributed by atoms with Crippen molar-refractivity contribution >= 4 is 18.7 Å². The number of rotatable bonds is 0. The molecule has 1 aromatic heterocycles. The summed E-state index contributed by atoms with van der Waals surface area (Å²) in [5, 5.41) is 2.82. The Morgan fingerprint density at radius 1 is 1.27 bits per heavy atom. The Kier molecular flexibility index (Phi) is 1.47. The van der Waals surface area contributed by atoms with Crippen molar-refractivity contribution < 1.29 is 4.39 Å². The highest BCUT2D eigenvalue weighted by Gasteiger charge is 2.04. The van der Waals surface area contributed by atoms with Crippen LogP contribution in [0.4, 0.5) is 4.39 Å². The summed E-state index contributed by atoms with van der Waals surface area (Å²) in [5.74, 6) is -0.0149. The highest BCUT2D eigenvalue weighted by molar-refractivity contribution is 7.38. The second kappa shape index (κ2) is 2.35. The molecule has 1 aromatic carbocycles. The molecule has 0 saturated heterocycles. The summed E-state index contributed by atoms with van der Waals surface area (Å²) in [6.07, 6.45) is 0. The molecule has 2 rings (SSSR count). The number of benzene rings is 1. The van der Waals surface area contributed by atoms with Gasteiger partial charge in [-0.3, -0.25) is 0 Å². The average molecular weight is 166 g/mol. The van der Waals surface area contributed by atoms with E-state index in [1.165, 1.54) is 0 Å². The van der Waals surface area contributed by atoms with Crippen molar-refractivity contribution in [3.63, 3.8) is 0 Å². The molecule has 0 fully saturated rings. The molecule has 56 valence electrons. The van der Waals surface area contributed by atoms with E-state index in [4.69, 9.17) is 0 Å². The monoisotopic (exact) mass is 166 g/mol. The van der Waals surface area contributed by atoms with E-state index in [1.807, 2.05) is 31.2 Å². The van der Waals surface area contributed by atoms with Gasteiger partial charge >= 0.3 is 0 Å². The molecular weight excluding hydrogens is 158 g/mol. The standard InChI is InChI=1S/C9H8FP/c1-6-9(10)7-4-2-3-5-8(7)11-6/h2-5,11H,1H3. The van der Waals surface area contributed by atoms with Crippen molar-refractivity contribution in [2.75, 3.05) is 0 Å². The largest absolute Gasteiger partial charge is 0.206 e. The van der Waals surface area contributed by atoms with Crippen LogP contribution in [-0.4, -0.2) is 0 Å². The van der Waals surface area contributed by atoms with Crippen LogP contribution in [0.2, 0.25) is 0 Å². The third-order valence-electron chi connectivity index (χ3n) is 1.81. The molecule has 0 amide bonds. The summed E-state index contributed by atoms with van der Waals surface area (Å²) >= 11 is 0. The van der Waals surface area contributed by atoms with Crippen LogP contribution >= 0.6 is 8.19 Å². The molecule has 0 spiro atoms. The topological polar surface area (TPSA) is 0 Å². The van der Waals surface area contributed by atoms with Gasteiger partial charge in [0.2, 0.25) is 0 Å². The molecule has 0 aliphatic carbocycles. The van der Waals surface area contributed by atoms with Crippen molar-refractivity contribution in [1.82, 2.24) is 0 Å². The molecule has 2 heteroatoms. The highest BCUT2D eigenvalue weighted by Crippen LogP contribution is 2.32. The van der Waals surface area contributed by atoms with Gasteiger partial charge in [0, 0.05) is 15.8 Å². The Bertz CT molecular complexity index is 389. The summed E-state index contributed by atoms with van der Waals surface area (Å²) < 4.78 is 13.2. The zero-order valence-corrected chi connectivity index (χ0v) is 7.19. The van der Waals surface area contributed by atoms with Crippen molar-refractivity contribution in [2.24, 2.45) is 0 Å². The molecule has 0 aliphatic rings. The Labute approximate surface area is 66.1 Å². The van der Waals surface area contributed by atoms with Crippen LogP contribution in [0, 0.1) is 12.7 Å². The van der Waals surface area contributed by atoms with E-state index in [-0.39, 0.29) is 5.82 Å². The minimum absolute atomic E-state index is 0.0149. The van der Waals surface area contributed by atoms with Gasteiger partial charge in [0.25, 0.3) is 0 Å². The van der Waals surface area contributed by atoms with Gasteiger partial charge in [-0.05, 0) is 6.92 Å². The smallest absolute Gasteiger partial charge is 0.137 e. The quantitative estimate of drug-likeness (QED) is 0.563. The number of hydrogen-bond donors (Lipinski definition) is 0. The second-order valence-corrected chi connectivity index (χ2v) is 4.15. The number of fused-ring (bicyclic) bond motifs is 1. The first kappa shape index (κ1) is 6.87. The van der Waals surface area contributed by atoms with Gasteiger partial charge < -0.3 is 0 Å².